The maximum Gasteiger partial charge on any atom is 0.189 e. The van der Waals surface area contributed by atoms with E-state index < -0.39 is 0 Å². The topological polar surface area (TPSA) is 51.3 Å². The zero-order chi connectivity index (χ0) is 12.7. The number of ether oxygens (including phenoxy) is 2. The second-order valence-corrected chi connectivity index (χ2v) is 4.79. The smallest absolute Gasteiger partial charge is 0.189 e. The molecule has 0 radical (unpaired) electrons. The van der Waals surface area contributed by atoms with Crippen LogP contribution in [-0.2, 0) is 0 Å². The van der Waals surface area contributed by atoms with Gasteiger partial charge in [0.1, 0.15) is 13.2 Å². The monoisotopic (exact) mass is 245 g/mol. The Morgan fingerprint density at radius 1 is 1.11 bits per heavy atom. The number of aromatic amines is 1. The fraction of sp³-hybridized carbons (Fsp3) is 0.357. The number of hydrogen-bond donors (Lipinski definition) is 1. The lowest BCUT2D eigenvalue weighted by Gasteiger charge is -2.19. The van der Waals surface area contributed by atoms with E-state index in [4.69, 9.17) is 9.47 Å². The van der Waals surface area contributed by atoms with Crippen molar-refractivity contribution in [1.29, 1.82) is 0 Å². The SMILES string of the molecule is CC(C)c1cc(=O)c2cc3c(cc2[nH]1)OCCO3. The van der Waals surface area contributed by atoms with Crippen LogP contribution in [0, 0.1) is 0 Å². The summed E-state index contributed by atoms with van der Waals surface area (Å²) in [5.74, 6) is 1.64. The Morgan fingerprint density at radius 2 is 1.78 bits per heavy atom. The number of aromatic nitrogens is 1. The van der Waals surface area contributed by atoms with Crippen molar-refractivity contribution in [3.63, 3.8) is 0 Å². The fourth-order valence-electron chi connectivity index (χ4n) is 2.12. The van der Waals surface area contributed by atoms with Crippen molar-refractivity contribution >= 4 is 10.9 Å². The molecule has 1 N–H and O–H groups in total. The molecule has 0 bridgehead atoms. The minimum Gasteiger partial charge on any atom is -0.486 e. The van der Waals surface area contributed by atoms with E-state index in [9.17, 15) is 4.79 Å². The highest BCUT2D eigenvalue weighted by Crippen LogP contribution is 2.33. The largest absolute Gasteiger partial charge is 0.486 e. The molecular formula is C14H15NO3. The van der Waals surface area contributed by atoms with Gasteiger partial charge in [-0.1, -0.05) is 13.8 Å². The summed E-state index contributed by atoms with van der Waals surface area (Å²) in [4.78, 5) is 15.4. The zero-order valence-corrected chi connectivity index (χ0v) is 10.4. The summed E-state index contributed by atoms with van der Waals surface area (Å²) in [6.07, 6.45) is 0. The van der Waals surface area contributed by atoms with Gasteiger partial charge in [0.2, 0.25) is 0 Å². The molecule has 1 aliphatic rings. The molecule has 18 heavy (non-hydrogen) atoms. The molecular weight excluding hydrogens is 230 g/mol. The van der Waals surface area contributed by atoms with Crippen molar-refractivity contribution in [3.8, 4) is 11.5 Å². The van der Waals surface area contributed by atoms with Crippen LogP contribution in [0.3, 0.4) is 0 Å². The lowest BCUT2D eigenvalue weighted by molar-refractivity contribution is 0.172. The Kier molecular flexibility index (Phi) is 2.51. The second kappa shape index (κ2) is 4.05. The molecule has 94 valence electrons. The number of nitrogens with one attached hydrogen (secondary N) is 1. The predicted molar refractivity (Wildman–Crippen MR) is 69.6 cm³/mol. The van der Waals surface area contributed by atoms with E-state index in [-0.39, 0.29) is 11.3 Å². The summed E-state index contributed by atoms with van der Waals surface area (Å²) < 4.78 is 11.0. The third-order valence-corrected chi connectivity index (χ3v) is 3.14. The van der Waals surface area contributed by atoms with Gasteiger partial charge in [-0.05, 0) is 12.0 Å². The quantitative estimate of drug-likeness (QED) is 0.839. The van der Waals surface area contributed by atoms with Gasteiger partial charge in [-0.2, -0.15) is 0 Å². The van der Waals surface area contributed by atoms with E-state index in [0.29, 0.717) is 30.1 Å². The van der Waals surface area contributed by atoms with Gasteiger partial charge in [-0.3, -0.25) is 4.79 Å². The zero-order valence-electron chi connectivity index (χ0n) is 10.4. The number of rotatable bonds is 1. The molecule has 1 aliphatic heterocycles. The molecule has 3 rings (SSSR count). The van der Waals surface area contributed by atoms with Gasteiger partial charge in [0.15, 0.2) is 16.9 Å². The van der Waals surface area contributed by atoms with Crippen molar-refractivity contribution in [2.24, 2.45) is 0 Å². The first-order valence-electron chi connectivity index (χ1n) is 6.12. The van der Waals surface area contributed by atoms with Gasteiger partial charge in [0, 0.05) is 23.2 Å². The van der Waals surface area contributed by atoms with E-state index >= 15 is 0 Å². The number of H-pyrrole nitrogens is 1. The minimum absolute atomic E-state index is 0.0180. The summed E-state index contributed by atoms with van der Waals surface area (Å²) in [7, 11) is 0. The maximum absolute atomic E-state index is 12.1. The molecule has 0 atom stereocenters. The normalized spacial score (nSPS) is 14.2. The number of pyridine rings is 1. The van der Waals surface area contributed by atoms with Crippen molar-refractivity contribution in [2.45, 2.75) is 19.8 Å². The third-order valence-electron chi connectivity index (χ3n) is 3.14. The lowest BCUT2D eigenvalue weighted by atomic mass is 10.1. The Balaban J connectivity index is 2.27. The molecule has 4 heteroatoms. The highest BCUT2D eigenvalue weighted by Gasteiger charge is 2.15. The van der Waals surface area contributed by atoms with E-state index in [1.54, 1.807) is 12.1 Å². The first-order chi connectivity index (χ1) is 8.65. The second-order valence-electron chi connectivity index (χ2n) is 4.79. The van der Waals surface area contributed by atoms with Gasteiger partial charge >= 0.3 is 0 Å². The van der Waals surface area contributed by atoms with Crippen LogP contribution in [0.2, 0.25) is 0 Å². The summed E-state index contributed by atoms with van der Waals surface area (Å²) in [5, 5.41) is 0.642. The highest BCUT2D eigenvalue weighted by molar-refractivity contribution is 5.82. The van der Waals surface area contributed by atoms with Crippen LogP contribution in [0.25, 0.3) is 10.9 Å². The van der Waals surface area contributed by atoms with Crippen LogP contribution >= 0.6 is 0 Å². The summed E-state index contributed by atoms with van der Waals surface area (Å²) >= 11 is 0. The molecule has 1 aromatic heterocycles. The van der Waals surface area contributed by atoms with Crippen LogP contribution < -0.4 is 14.9 Å². The standard InChI is InChI=1S/C14H15NO3/c1-8(2)10-6-12(16)9-5-13-14(7-11(9)15-10)18-4-3-17-13/h5-8H,3-4H2,1-2H3,(H,15,16). The van der Waals surface area contributed by atoms with Crippen molar-refractivity contribution in [3.05, 3.63) is 34.1 Å². The first kappa shape index (κ1) is 11.1. The van der Waals surface area contributed by atoms with Crippen LogP contribution in [-0.4, -0.2) is 18.2 Å². The van der Waals surface area contributed by atoms with Crippen molar-refractivity contribution in [1.82, 2.24) is 4.98 Å². The number of hydrogen-bond acceptors (Lipinski definition) is 3. The van der Waals surface area contributed by atoms with Crippen LogP contribution in [0.5, 0.6) is 11.5 Å². The van der Waals surface area contributed by atoms with Crippen LogP contribution in [0.15, 0.2) is 23.0 Å². The van der Waals surface area contributed by atoms with Gasteiger partial charge in [-0.15, -0.1) is 0 Å². The predicted octanol–water partition coefficient (Wildman–Crippen LogP) is 2.42. The molecule has 2 aromatic rings. The maximum atomic E-state index is 12.1. The molecule has 0 fully saturated rings. The molecule has 0 amide bonds. The molecule has 0 unspecified atom stereocenters. The van der Waals surface area contributed by atoms with Gasteiger partial charge in [0.25, 0.3) is 0 Å². The fourth-order valence-corrected chi connectivity index (χ4v) is 2.12. The Morgan fingerprint density at radius 3 is 2.44 bits per heavy atom. The molecule has 4 nitrogen and oxygen atoms in total. The molecule has 0 spiro atoms. The number of benzene rings is 1. The molecule has 1 aromatic carbocycles. The minimum atomic E-state index is 0.0180. The summed E-state index contributed by atoms with van der Waals surface area (Å²) in [5.41, 5.74) is 1.75. The van der Waals surface area contributed by atoms with E-state index in [2.05, 4.69) is 18.8 Å². The first-order valence-corrected chi connectivity index (χ1v) is 6.12. The summed E-state index contributed by atoms with van der Waals surface area (Å²) in [6, 6.07) is 5.26. The van der Waals surface area contributed by atoms with E-state index in [1.807, 2.05) is 6.07 Å². The van der Waals surface area contributed by atoms with Gasteiger partial charge in [-0.25, -0.2) is 0 Å². The molecule has 2 heterocycles. The van der Waals surface area contributed by atoms with Gasteiger partial charge in [0.05, 0.1) is 5.52 Å². The van der Waals surface area contributed by atoms with Crippen LogP contribution in [0.1, 0.15) is 25.5 Å². The molecule has 0 aliphatic carbocycles. The summed E-state index contributed by atoms with van der Waals surface area (Å²) in [6.45, 7) is 5.18. The molecule has 0 saturated heterocycles. The van der Waals surface area contributed by atoms with Crippen LogP contribution in [0.4, 0.5) is 0 Å². The highest BCUT2D eigenvalue weighted by atomic mass is 16.6. The lowest BCUT2D eigenvalue weighted by Crippen LogP contribution is -2.16. The van der Waals surface area contributed by atoms with E-state index in [0.717, 1.165) is 11.2 Å². The number of fused-ring (bicyclic) bond motifs is 2. The van der Waals surface area contributed by atoms with Gasteiger partial charge < -0.3 is 14.5 Å². The Labute approximate surface area is 105 Å². The average molecular weight is 245 g/mol. The van der Waals surface area contributed by atoms with E-state index in [1.165, 1.54) is 0 Å². The Hall–Kier alpha value is -1.97. The van der Waals surface area contributed by atoms with Crippen molar-refractivity contribution < 1.29 is 9.47 Å². The average Bonchev–Trinajstić information content (AvgIpc) is 2.36. The third kappa shape index (κ3) is 1.74. The van der Waals surface area contributed by atoms with Crippen molar-refractivity contribution in [2.75, 3.05) is 13.2 Å². The molecule has 0 saturated carbocycles. The Bertz CT molecular complexity index is 658.